The highest BCUT2D eigenvalue weighted by molar-refractivity contribution is 5.78. The first-order valence-electron chi connectivity index (χ1n) is 12.2. The Morgan fingerprint density at radius 3 is 2.12 bits per heavy atom. The van der Waals surface area contributed by atoms with E-state index in [1.54, 1.807) is 6.92 Å². The lowest BCUT2D eigenvalue weighted by molar-refractivity contribution is -0.168. The highest BCUT2D eigenvalue weighted by atomic mass is 16.6. The molecule has 182 valence electrons. The Morgan fingerprint density at radius 2 is 1.52 bits per heavy atom. The van der Waals surface area contributed by atoms with E-state index in [0.29, 0.717) is 25.9 Å². The zero-order chi connectivity index (χ0) is 24.0. The van der Waals surface area contributed by atoms with Crippen molar-refractivity contribution >= 4 is 17.7 Å². The Kier molecular flexibility index (Phi) is 8.55. The fraction of sp³-hybridized carbons (Fsp3) is 0.667. The second-order valence-electron chi connectivity index (χ2n) is 10.6. The summed E-state index contributed by atoms with van der Waals surface area (Å²) in [6.45, 7) is 7.58. The highest BCUT2D eigenvalue weighted by Gasteiger charge is 2.41. The Morgan fingerprint density at radius 1 is 0.879 bits per heavy atom. The maximum absolute atomic E-state index is 13.1. The number of hydrogen-bond acceptors (Lipinski definition) is 6. The van der Waals surface area contributed by atoms with Crippen LogP contribution in [0.15, 0.2) is 30.3 Å². The molecule has 0 radical (unpaired) electrons. The molecule has 0 saturated heterocycles. The number of hydrogen-bond donors (Lipinski definition) is 0. The van der Waals surface area contributed by atoms with Gasteiger partial charge in [-0.1, -0.05) is 18.2 Å². The third-order valence-corrected chi connectivity index (χ3v) is 6.76. The molecule has 0 aromatic heterocycles. The van der Waals surface area contributed by atoms with Crippen LogP contribution >= 0.6 is 0 Å². The third kappa shape index (κ3) is 7.58. The topological polar surface area (TPSA) is 78.9 Å². The molecular weight excluding hydrogens is 420 g/mol. The van der Waals surface area contributed by atoms with Crippen molar-refractivity contribution in [2.45, 2.75) is 84.3 Å². The molecule has 0 bridgehead atoms. The van der Waals surface area contributed by atoms with Crippen molar-refractivity contribution in [3.8, 4) is 5.75 Å². The molecule has 2 aliphatic carbocycles. The molecule has 3 atom stereocenters. The van der Waals surface area contributed by atoms with Crippen molar-refractivity contribution < 1.29 is 28.6 Å². The Labute approximate surface area is 197 Å². The lowest BCUT2D eigenvalue weighted by Crippen LogP contribution is -2.40. The van der Waals surface area contributed by atoms with Gasteiger partial charge in [-0.2, -0.15) is 0 Å². The molecule has 0 N–H and O–H groups in total. The predicted octanol–water partition coefficient (Wildman–Crippen LogP) is 5.13. The normalized spacial score (nSPS) is 27.9. The zero-order valence-corrected chi connectivity index (χ0v) is 20.4. The predicted molar refractivity (Wildman–Crippen MR) is 125 cm³/mol. The fourth-order valence-corrected chi connectivity index (χ4v) is 4.92. The summed E-state index contributed by atoms with van der Waals surface area (Å²) < 4.78 is 17.5. The van der Waals surface area contributed by atoms with Crippen molar-refractivity contribution in [3.63, 3.8) is 0 Å². The van der Waals surface area contributed by atoms with Gasteiger partial charge in [0.05, 0.1) is 18.4 Å². The van der Waals surface area contributed by atoms with Crippen LogP contribution in [0.5, 0.6) is 5.75 Å². The zero-order valence-electron chi connectivity index (χ0n) is 20.4. The summed E-state index contributed by atoms with van der Waals surface area (Å²) >= 11 is 0. The minimum absolute atomic E-state index is 0.0937. The standard InChI is InChI=1S/C27H38O6/c1-18(28)19-10-13-23(14-11-19)32-26(30)24-15-12-20(25(29)33-27(2,3)4)16-21(24)17-31-22-8-6-5-7-9-22/h5-9,19-21,23-24H,10-17H2,1-4H3/t19?,20-,21?,23?,24?/m0/s1. The average Bonchev–Trinajstić information content (AvgIpc) is 2.77. The van der Waals surface area contributed by atoms with Crippen LogP contribution in [0.25, 0.3) is 0 Å². The minimum atomic E-state index is -0.540. The van der Waals surface area contributed by atoms with Crippen molar-refractivity contribution in [3.05, 3.63) is 30.3 Å². The van der Waals surface area contributed by atoms with Crippen molar-refractivity contribution in [1.29, 1.82) is 0 Å². The number of esters is 2. The van der Waals surface area contributed by atoms with Crippen LogP contribution in [-0.4, -0.2) is 36.0 Å². The summed E-state index contributed by atoms with van der Waals surface area (Å²) in [7, 11) is 0. The van der Waals surface area contributed by atoms with Crippen LogP contribution in [0, 0.1) is 23.7 Å². The molecule has 6 nitrogen and oxygen atoms in total. The van der Waals surface area contributed by atoms with E-state index in [2.05, 4.69) is 0 Å². The average molecular weight is 459 g/mol. The van der Waals surface area contributed by atoms with E-state index < -0.39 is 5.60 Å². The molecule has 0 heterocycles. The summed E-state index contributed by atoms with van der Waals surface area (Å²) in [5.74, 6) is -0.0348. The van der Waals surface area contributed by atoms with E-state index in [1.165, 1.54) is 0 Å². The van der Waals surface area contributed by atoms with Gasteiger partial charge in [-0.25, -0.2) is 0 Å². The largest absolute Gasteiger partial charge is 0.493 e. The van der Waals surface area contributed by atoms with E-state index in [0.717, 1.165) is 31.4 Å². The number of Topliss-reactive ketones (excluding diaryl/α,β-unsaturated/α-hetero) is 1. The van der Waals surface area contributed by atoms with Gasteiger partial charge >= 0.3 is 11.9 Å². The van der Waals surface area contributed by atoms with E-state index in [1.807, 2.05) is 51.1 Å². The van der Waals surface area contributed by atoms with Crippen molar-refractivity contribution in [2.24, 2.45) is 23.7 Å². The SMILES string of the molecule is CC(=O)C1CCC(OC(=O)C2CC[C@H](C(=O)OC(C)(C)C)CC2COc2ccccc2)CC1. The number of ketones is 1. The molecule has 2 fully saturated rings. The number of rotatable bonds is 7. The lowest BCUT2D eigenvalue weighted by Gasteiger charge is -2.36. The number of ether oxygens (including phenoxy) is 3. The molecule has 3 rings (SSSR count). The van der Waals surface area contributed by atoms with Gasteiger partial charge in [-0.3, -0.25) is 14.4 Å². The molecule has 1 aromatic carbocycles. The molecule has 1 aromatic rings. The second-order valence-corrected chi connectivity index (χ2v) is 10.6. The smallest absolute Gasteiger partial charge is 0.309 e. The Hall–Kier alpha value is -2.37. The molecule has 2 unspecified atom stereocenters. The summed E-state index contributed by atoms with van der Waals surface area (Å²) in [4.78, 5) is 37.5. The minimum Gasteiger partial charge on any atom is -0.493 e. The van der Waals surface area contributed by atoms with E-state index >= 15 is 0 Å². The first-order chi connectivity index (χ1) is 15.6. The van der Waals surface area contributed by atoms with Gasteiger partial charge in [-0.15, -0.1) is 0 Å². The quantitative estimate of drug-likeness (QED) is 0.527. The Balaban J connectivity index is 1.63. The molecule has 0 spiro atoms. The number of benzene rings is 1. The van der Waals surface area contributed by atoms with Crippen LogP contribution in [0.4, 0.5) is 0 Å². The van der Waals surface area contributed by atoms with Crippen LogP contribution < -0.4 is 4.74 Å². The summed E-state index contributed by atoms with van der Waals surface area (Å²) in [6.07, 6.45) is 4.61. The molecule has 2 aliphatic rings. The Bertz CT molecular complexity index is 804. The van der Waals surface area contributed by atoms with Crippen LogP contribution in [0.1, 0.15) is 72.6 Å². The lowest BCUT2D eigenvalue weighted by atomic mass is 9.74. The molecule has 2 saturated carbocycles. The summed E-state index contributed by atoms with van der Waals surface area (Å²) in [6, 6.07) is 9.50. The van der Waals surface area contributed by atoms with Gasteiger partial charge in [0.1, 0.15) is 23.2 Å². The van der Waals surface area contributed by atoms with Gasteiger partial charge in [0.2, 0.25) is 0 Å². The van der Waals surface area contributed by atoms with Gasteiger partial charge in [0.25, 0.3) is 0 Å². The van der Waals surface area contributed by atoms with E-state index in [-0.39, 0.29) is 47.5 Å². The molecule has 6 heteroatoms. The van der Waals surface area contributed by atoms with Gasteiger partial charge in [0, 0.05) is 11.8 Å². The third-order valence-electron chi connectivity index (χ3n) is 6.76. The van der Waals surface area contributed by atoms with Crippen molar-refractivity contribution in [1.82, 2.24) is 0 Å². The fourth-order valence-electron chi connectivity index (χ4n) is 4.92. The number of carbonyl (C=O) groups is 3. The summed E-state index contributed by atoms with van der Waals surface area (Å²) in [5, 5.41) is 0. The van der Waals surface area contributed by atoms with Gasteiger partial charge in [0.15, 0.2) is 0 Å². The first-order valence-corrected chi connectivity index (χ1v) is 12.2. The molecular formula is C27H38O6. The van der Waals surface area contributed by atoms with Gasteiger partial charge < -0.3 is 14.2 Å². The number of carbonyl (C=O) groups excluding carboxylic acids is 3. The monoisotopic (exact) mass is 458 g/mol. The number of para-hydroxylation sites is 1. The van der Waals surface area contributed by atoms with Crippen molar-refractivity contribution in [2.75, 3.05) is 6.61 Å². The van der Waals surface area contributed by atoms with E-state index in [4.69, 9.17) is 14.2 Å². The highest BCUT2D eigenvalue weighted by Crippen LogP contribution is 2.37. The van der Waals surface area contributed by atoms with E-state index in [9.17, 15) is 14.4 Å². The summed E-state index contributed by atoms with van der Waals surface area (Å²) in [5.41, 5.74) is -0.540. The molecule has 0 amide bonds. The van der Waals surface area contributed by atoms with Crippen LogP contribution in [0.2, 0.25) is 0 Å². The van der Waals surface area contributed by atoms with Gasteiger partial charge in [-0.05, 0) is 84.8 Å². The molecule has 33 heavy (non-hydrogen) atoms. The first kappa shape index (κ1) is 25.3. The maximum atomic E-state index is 13.1. The molecule has 0 aliphatic heterocycles. The maximum Gasteiger partial charge on any atom is 0.309 e. The van der Waals surface area contributed by atoms with Crippen LogP contribution in [-0.2, 0) is 23.9 Å². The van der Waals surface area contributed by atoms with Crippen LogP contribution in [0.3, 0.4) is 0 Å². The second kappa shape index (κ2) is 11.2.